The first-order valence-electron chi connectivity index (χ1n) is 6.17. The number of benzene rings is 1. The fourth-order valence-corrected chi connectivity index (χ4v) is 2.04. The summed E-state index contributed by atoms with van der Waals surface area (Å²) in [7, 11) is 0. The van der Waals surface area contributed by atoms with Crippen LogP contribution in [0.2, 0.25) is 0 Å². The molecule has 0 aliphatic heterocycles. The normalized spacial score (nSPS) is 10.6. The van der Waals surface area contributed by atoms with Gasteiger partial charge in [-0.3, -0.25) is 0 Å². The molecule has 17 heavy (non-hydrogen) atoms. The van der Waals surface area contributed by atoms with Crippen molar-refractivity contribution < 1.29 is 0 Å². The van der Waals surface area contributed by atoms with E-state index < -0.39 is 0 Å². The van der Waals surface area contributed by atoms with Gasteiger partial charge in [0.15, 0.2) is 0 Å². The van der Waals surface area contributed by atoms with Crippen LogP contribution >= 0.6 is 0 Å². The van der Waals surface area contributed by atoms with Gasteiger partial charge in [0, 0.05) is 31.9 Å². The summed E-state index contributed by atoms with van der Waals surface area (Å²) in [6, 6.07) is 6.46. The zero-order chi connectivity index (χ0) is 12.7. The Kier molecular flexibility index (Phi) is 5.97. The van der Waals surface area contributed by atoms with Crippen LogP contribution in [0.1, 0.15) is 11.1 Å². The summed E-state index contributed by atoms with van der Waals surface area (Å²) >= 11 is 0. The average molecular weight is 236 g/mol. The van der Waals surface area contributed by atoms with Crippen LogP contribution in [0, 0.1) is 6.92 Å². The maximum Gasteiger partial charge on any atom is 0.0400 e. The first kappa shape index (κ1) is 14.0. The molecule has 96 valence electrons. The molecule has 0 aliphatic carbocycles. The van der Waals surface area contributed by atoms with E-state index in [-0.39, 0.29) is 0 Å². The topological polar surface area (TPSA) is 81.3 Å². The van der Waals surface area contributed by atoms with Gasteiger partial charge < -0.3 is 22.1 Å². The number of hydrogen-bond donors (Lipinski definition) is 3. The van der Waals surface area contributed by atoms with Gasteiger partial charge in [-0.25, -0.2) is 0 Å². The van der Waals surface area contributed by atoms with Crippen LogP contribution in [-0.4, -0.2) is 32.7 Å². The molecule has 6 N–H and O–H groups in total. The van der Waals surface area contributed by atoms with Crippen molar-refractivity contribution in [1.29, 1.82) is 0 Å². The monoisotopic (exact) mass is 236 g/mol. The third-order valence-corrected chi connectivity index (χ3v) is 2.79. The van der Waals surface area contributed by atoms with E-state index in [9.17, 15) is 0 Å². The van der Waals surface area contributed by atoms with E-state index in [1.807, 2.05) is 0 Å². The van der Waals surface area contributed by atoms with Crippen LogP contribution in [0.5, 0.6) is 0 Å². The van der Waals surface area contributed by atoms with Gasteiger partial charge in [-0.15, -0.1) is 0 Å². The largest absolute Gasteiger partial charge is 0.369 e. The first-order valence-corrected chi connectivity index (χ1v) is 6.17. The Morgan fingerprint density at radius 3 is 2.18 bits per heavy atom. The first-order chi connectivity index (χ1) is 8.22. The summed E-state index contributed by atoms with van der Waals surface area (Å²) in [4.78, 5) is 2.24. The lowest BCUT2D eigenvalue weighted by atomic mass is 10.1. The molecule has 0 radical (unpaired) electrons. The van der Waals surface area contributed by atoms with Gasteiger partial charge in [0.25, 0.3) is 0 Å². The summed E-state index contributed by atoms with van der Waals surface area (Å²) in [5, 5.41) is 0. The van der Waals surface area contributed by atoms with Crippen LogP contribution in [-0.2, 0) is 6.42 Å². The summed E-state index contributed by atoms with van der Waals surface area (Å²) in [5.74, 6) is 0. The van der Waals surface area contributed by atoms with Crippen molar-refractivity contribution in [3.63, 3.8) is 0 Å². The standard InChI is InChI=1S/C13H24N4/c1-11-2-3-13(12(10-11)4-5-14)17(8-6-15)9-7-16/h2-3,10H,4-9,14-16H2,1H3. The lowest BCUT2D eigenvalue weighted by molar-refractivity contribution is 0.774. The Morgan fingerprint density at radius 1 is 1.00 bits per heavy atom. The Balaban J connectivity index is 2.98. The van der Waals surface area contributed by atoms with Crippen molar-refractivity contribution >= 4 is 5.69 Å². The van der Waals surface area contributed by atoms with Crippen LogP contribution in [0.4, 0.5) is 5.69 Å². The number of rotatable bonds is 7. The zero-order valence-corrected chi connectivity index (χ0v) is 10.7. The minimum atomic E-state index is 0.635. The van der Waals surface area contributed by atoms with Crippen molar-refractivity contribution in [3.05, 3.63) is 29.3 Å². The number of nitrogens with two attached hydrogens (primary N) is 3. The lowest BCUT2D eigenvalue weighted by Gasteiger charge is -2.26. The quantitative estimate of drug-likeness (QED) is 0.632. The molecule has 1 aromatic carbocycles. The van der Waals surface area contributed by atoms with Crippen LogP contribution in [0.25, 0.3) is 0 Å². The third kappa shape index (κ3) is 4.00. The second-order valence-corrected chi connectivity index (χ2v) is 4.24. The number of hydrogen-bond acceptors (Lipinski definition) is 4. The second-order valence-electron chi connectivity index (χ2n) is 4.24. The SMILES string of the molecule is Cc1ccc(N(CCN)CCN)c(CCN)c1. The molecule has 0 bridgehead atoms. The second kappa shape index (κ2) is 7.27. The molecule has 0 amide bonds. The van der Waals surface area contributed by atoms with E-state index >= 15 is 0 Å². The smallest absolute Gasteiger partial charge is 0.0400 e. The van der Waals surface area contributed by atoms with Crippen molar-refractivity contribution in [2.24, 2.45) is 17.2 Å². The van der Waals surface area contributed by atoms with Gasteiger partial charge in [0.05, 0.1) is 0 Å². The highest BCUT2D eigenvalue weighted by Crippen LogP contribution is 2.22. The summed E-state index contributed by atoms with van der Waals surface area (Å²) in [5.41, 5.74) is 20.7. The van der Waals surface area contributed by atoms with Crippen molar-refractivity contribution in [1.82, 2.24) is 0 Å². The number of aryl methyl sites for hydroxylation is 1. The van der Waals surface area contributed by atoms with Gasteiger partial charge in [-0.05, 0) is 31.5 Å². The molecule has 0 fully saturated rings. The highest BCUT2D eigenvalue weighted by atomic mass is 15.1. The molecule has 0 aliphatic rings. The Hall–Kier alpha value is -1.10. The summed E-state index contributed by atoms with van der Waals surface area (Å²) in [6.07, 6.45) is 0.892. The lowest BCUT2D eigenvalue weighted by Crippen LogP contribution is -2.34. The van der Waals surface area contributed by atoms with E-state index in [1.165, 1.54) is 16.8 Å². The Labute approximate surface area is 104 Å². The molecule has 0 atom stereocenters. The minimum Gasteiger partial charge on any atom is -0.369 e. The van der Waals surface area contributed by atoms with E-state index in [4.69, 9.17) is 17.2 Å². The van der Waals surface area contributed by atoms with E-state index in [0.717, 1.165) is 19.5 Å². The summed E-state index contributed by atoms with van der Waals surface area (Å²) < 4.78 is 0. The van der Waals surface area contributed by atoms with Gasteiger partial charge in [0.1, 0.15) is 0 Å². The van der Waals surface area contributed by atoms with Gasteiger partial charge >= 0.3 is 0 Å². The number of anilines is 1. The van der Waals surface area contributed by atoms with Gasteiger partial charge in [-0.1, -0.05) is 17.7 Å². The molecule has 4 nitrogen and oxygen atoms in total. The maximum atomic E-state index is 5.66. The molecule has 0 spiro atoms. The molecular weight excluding hydrogens is 212 g/mol. The molecule has 0 saturated carbocycles. The average Bonchev–Trinajstić information content (AvgIpc) is 2.30. The third-order valence-electron chi connectivity index (χ3n) is 2.79. The summed E-state index contributed by atoms with van der Waals surface area (Å²) in [6.45, 7) is 5.69. The molecule has 0 heterocycles. The van der Waals surface area contributed by atoms with Crippen molar-refractivity contribution in [3.8, 4) is 0 Å². The maximum absolute atomic E-state index is 5.66. The molecule has 0 unspecified atom stereocenters. The predicted octanol–water partition coefficient (Wildman–Crippen LogP) is 0.220. The molecule has 1 rings (SSSR count). The predicted molar refractivity (Wildman–Crippen MR) is 74.3 cm³/mol. The van der Waals surface area contributed by atoms with Crippen molar-refractivity contribution in [2.75, 3.05) is 37.6 Å². The van der Waals surface area contributed by atoms with E-state index in [1.54, 1.807) is 0 Å². The van der Waals surface area contributed by atoms with Gasteiger partial charge in [0.2, 0.25) is 0 Å². The highest BCUT2D eigenvalue weighted by Gasteiger charge is 2.09. The number of nitrogens with zero attached hydrogens (tertiary/aromatic N) is 1. The Bertz CT molecular complexity index is 332. The molecule has 0 aromatic heterocycles. The van der Waals surface area contributed by atoms with E-state index in [2.05, 4.69) is 30.0 Å². The molecule has 0 saturated heterocycles. The van der Waals surface area contributed by atoms with Crippen LogP contribution < -0.4 is 22.1 Å². The highest BCUT2D eigenvalue weighted by molar-refractivity contribution is 5.55. The van der Waals surface area contributed by atoms with Gasteiger partial charge in [-0.2, -0.15) is 0 Å². The van der Waals surface area contributed by atoms with Crippen molar-refractivity contribution in [2.45, 2.75) is 13.3 Å². The Morgan fingerprint density at radius 2 is 1.65 bits per heavy atom. The fraction of sp³-hybridized carbons (Fsp3) is 0.538. The van der Waals surface area contributed by atoms with Crippen LogP contribution in [0.3, 0.4) is 0 Å². The minimum absolute atomic E-state index is 0.635. The molecular formula is C13H24N4. The fourth-order valence-electron chi connectivity index (χ4n) is 2.04. The van der Waals surface area contributed by atoms with E-state index in [0.29, 0.717) is 19.6 Å². The molecule has 1 aromatic rings. The molecule has 4 heteroatoms. The van der Waals surface area contributed by atoms with Crippen LogP contribution in [0.15, 0.2) is 18.2 Å². The zero-order valence-electron chi connectivity index (χ0n) is 10.7.